The highest BCUT2D eigenvalue weighted by Gasteiger charge is 2.10. The number of rotatable bonds is 4. The first-order valence-corrected chi connectivity index (χ1v) is 5.68. The van der Waals surface area contributed by atoms with E-state index in [1.54, 1.807) is 17.9 Å². The van der Waals surface area contributed by atoms with E-state index >= 15 is 0 Å². The molecule has 80 valence electrons. The van der Waals surface area contributed by atoms with E-state index in [2.05, 4.69) is 9.97 Å². The largest absolute Gasteiger partial charge is 0.388 e. The predicted molar refractivity (Wildman–Crippen MR) is 58.6 cm³/mol. The Hall–Kier alpha value is -1.20. The van der Waals surface area contributed by atoms with Gasteiger partial charge in [-0.2, -0.15) is 0 Å². The molecule has 0 aliphatic carbocycles. The van der Waals surface area contributed by atoms with Gasteiger partial charge in [-0.25, -0.2) is 4.98 Å². The van der Waals surface area contributed by atoms with Gasteiger partial charge in [0.25, 0.3) is 0 Å². The molecular weight excluding hydrogens is 210 g/mol. The zero-order valence-electron chi connectivity index (χ0n) is 8.50. The second kappa shape index (κ2) is 4.55. The average molecular weight is 223 g/mol. The highest BCUT2D eigenvalue weighted by Crippen LogP contribution is 2.21. The van der Waals surface area contributed by atoms with Crippen LogP contribution in [0.25, 0.3) is 0 Å². The smallest absolute Gasteiger partial charge is 0.108 e. The molecule has 0 aliphatic rings. The van der Waals surface area contributed by atoms with Gasteiger partial charge in [-0.15, -0.1) is 11.3 Å². The van der Waals surface area contributed by atoms with E-state index in [4.69, 9.17) is 0 Å². The quantitative estimate of drug-likeness (QED) is 0.855. The van der Waals surface area contributed by atoms with Gasteiger partial charge in [0.15, 0.2) is 0 Å². The molecule has 2 heterocycles. The molecule has 0 aliphatic heterocycles. The van der Waals surface area contributed by atoms with E-state index < -0.39 is 6.10 Å². The molecule has 2 aromatic rings. The Balaban J connectivity index is 1.91. The summed E-state index contributed by atoms with van der Waals surface area (Å²) in [6.07, 6.45) is 6.45. The Bertz CT molecular complexity index is 410. The first-order valence-electron chi connectivity index (χ1n) is 4.80. The number of aromatic nitrogens is 3. The number of nitrogens with zero attached hydrogens (tertiary/aromatic N) is 3. The Morgan fingerprint density at radius 3 is 3.07 bits per heavy atom. The maximum Gasteiger partial charge on any atom is 0.108 e. The molecule has 4 nitrogen and oxygen atoms in total. The highest BCUT2D eigenvalue weighted by atomic mass is 32.1. The molecule has 0 bridgehead atoms. The van der Waals surface area contributed by atoms with Gasteiger partial charge in [0.05, 0.1) is 16.5 Å². The molecule has 0 amide bonds. The van der Waals surface area contributed by atoms with Crippen LogP contribution in [0, 0.1) is 0 Å². The maximum absolute atomic E-state index is 9.83. The minimum absolute atomic E-state index is 0.422. The van der Waals surface area contributed by atoms with Crippen LogP contribution in [0.3, 0.4) is 0 Å². The molecule has 0 fully saturated rings. The second-order valence-electron chi connectivity index (χ2n) is 3.41. The fourth-order valence-corrected chi connectivity index (χ4v) is 2.08. The molecule has 0 saturated carbocycles. The molecule has 5 heteroatoms. The van der Waals surface area contributed by atoms with Gasteiger partial charge in [-0.05, 0) is 6.42 Å². The molecule has 1 atom stereocenters. The predicted octanol–water partition coefficient (Wildman–Crippen LogP) is 1.54. The van der Waals surface area contributed by atoms with Crippen molar-refractivity contribution in [1.82, 2.24) is 14.5 Å². The van der Waals surface area contributed by atoms with E-state index in [0.29, 0.717) is 6.42 Å². The fraction of sp³-hybridized carbons (Fsp3) is 0.400. The van der Waals surface area contributed by atoms with Crippen molar-refractivity contribution in [3.8, 4) is 0 Å². The van der Waals surface area contributed by atoms with E-state index in [1.165, 1.54) is 11.3 Å². The van der Waals surface area contributed by atoms with Crippen molar-refractivity contribution in [3.63, 3.8) is 0 Å². The van der Waals surface area contributed by atoms with E-state index in [9.17, 15) is 5.11 Å². The third-order valence-electron chi connectivity index (χ3n) is 2.34. The maximum atomic E-state index is 9.83. The van der Waals surface area contributed by atoms with Gasteiger partial charge in [0, 0.05) is 32.1 Å². The molecule has 0 saturated heterocycles. The SMILES string of the molecule is Cn1ccnc1CCC(O)c1cncs1. The van der Waals surface area contributed by atoms with Crippen LogP contribution >= 0.6 is 11.3 Å². The molecule has 2 rings (SSSR count). The van der Waals surface area contributed by atoms with Crippen molar-refractivity contribution < 1.29 is 5.11 Å². The zero-order chi connectivity index (χ0) is 10.7. The van der Waals surface area contributed by atoms with Crippen LogP contribution in [0.15, 0.2) is 24.1 Å². The number of hydrogen-bond donors (Lipinski definition) is 1. The van der Waals surface area contributed by atoms with Crippen LogP contribution in [0.4, 0.5) is 0 Å². The Morgan fingerprint density at radius 2 is 2.47 bits per heavy atom. The Morgan fingerprint density at radius 1 is 1.60 bits per heavy atom. The first kappa shape index (κ1) is 10.3. The number of thiazole rings is 1. The number of hydrogen-bond acceptors (Lipinski definition) is 4. The lowest BCUT2D eigenvalue weighted by Crippen LogP contribution is -2.02. The molecule has 1 N–H and O–H groups in total. The normalized spacial score (nSPS) is 12.9. The van der Waals surface area contributed by atoms with E-state index in [1.807, 2.05) is 17.8 Å². The summed E-state index contributed by atoms with van der Waals surface area (Å²) in [6.45, 7) is 0. The average Bonchev–Trinajstić information content (AvgIpc) is 2.85. The number of aliphatic hydroxyl groups is 1. The Kier molecular flexibility index (Phi) is 3.13. The monoisotopic (exact) mass is 223 g/mol. The molecule has 1 unspecified atom stereocenters. The summed E-state index contributed by atoms with van der Waals surface area (Å²) in [7, 11) is 1.96. The minimum atomic E-state index is -0.422. The first-order chi connectivity index (χ1) is 7.27. The molecule has 0 aromatic carbocycles. The van der Waals surface area contributed by atoms with Crippen LogP contribution in [0.5, 0.6) is 0 Å². The lowest BCUT2D eigenvalue weighted by Gasteiger charge is -2.07. The van der Waals surface area contributed by atoms with Crippen LogP contribution in [0.2, 0.25) is 0 Å². The summed E-state index contributed by atoms with van der Waals surface area (Å²) >= 11 is 1.48. The van der Waals surface area contributed by atoms with Crippen molar-refractivity contribution in [2.45, 2.75) is 18.9 Å². The summed E-state index contributed by atoms with van der Waals surface area (Å²) in [4.78, 5) is 9.07. The molecule has 0 spiro atoms. The van der Waals surface area contributed by atoms with Crippen LogP contribution in [0.1, 0.15) is 23.2 Å². The van der Waals surface area contributed by atoms with Crippen molar-refractivity contribution in [3.05, 3.63) is 34.8 Å². The van der Waals surface area contributed by atoms with Crippen molar-refractivity contribution in [2.75, 3.05) is 0 Å². The van der Waals surface area contributed by atoms with Gasteiger partial charge < -0.3 is 9.67 Å². The highest BCUT2D eigenvalue weighted by molar-refractivity contribution is 7.09. The van der Waals surface area contributed by atoms with Gasteiger partial charge in [-0.1, -0.05) is 0 Å². The lowest BCUT2D eigenvalue weighted by molar-refractivity contribution is 0.170. The van der Waals surface area contributed by atoms with Crippen molar-refractivity contribution in [2.24, 2.45) is 7.05 Å². The van der Waals surface area contributed by atoms with Crippen LogP contribution in [-0.4, -0.2) is 19.6 Å². The third-order valence-corrected chi connectivity index (χ3v) is 3.22. The number of aliphatic hydroxyl groups excluding tert-OH is 1. The standard InChI is InChI=1S/C10H13N3OS/c1-13-5-4-12-10(13)3-2-8(14)9-6-11-7-15-9/h4-8,14H,2-3H2,1H3. The van der Waals surface area contributed by atoms with E-state index in [0.717, 1.165) is 17.1 Å². The topological polar surface area (TPSA) is 50.9 Å². The summed E-state index contributed by atoms with van der Waals surface area (Å²) in [5.74, 6) is 0.999. The van der Waals surface area contributed by atoms with Crippen molar-refractivity contribution in [1.29, 1.82) is 0 Å². The minimum Gasteiger partial charge on any atom is -0.388 e. The summed E-state index contributed by atoms with van der Waals surface area (Å²) in [5.41, 5.74) is 1.74. The van der Waals surface area contributed by atoms with E-state index in [-0.39, 0.29) is 0 Å². The molecule has 2 aromatic heterocycles. The van der Waals surface area contributed by atoms with Crippen molar-refractivity contribution >= 4 is 11.3 Å². The summed E-state index contributed by atoms with van der Waals surface area (Å²) in [5, 5.41) is 9.83. The van der Waals surface area contributed by atoms with Gasteiger partial charge >= 0.3 is 0 Å². The van der Waals surface area contributed by atoms with Gasteiger partial charge in [0.2, 0.25) is 0 Å². The third kappa shape index (κ3) is 2.43. The molecule has 0 radical (unpaired) electrons. The molecule has 15 heavy (non-hydrogen) atoms. The van der Waals surface area contributed by atoms with Gasteiger partial charge in [-0.3, -0.25) is 4.98 Å². The van der Waals surface area contributed by atoms with Gasteiger partial charge in [0.1, 0.15) is 5.82 Å². The Labute approximate surface area is 92.2 Å². The second-order valence-corrected chi connectivity index (χ2v) is 4.33. The summed E-state index contributed by atoms with van der Waals surface area (Å²) in [6, 6.07) is 0. The fourth-order valence-electron chi connectivity index (χ4n) is 1.44. The zero-order valence-corrected chi connectivity index (χ0v) is 9.31. The number of imidazole rings is 1. The molecular formula is C10H13N3OS. The number of aryl methyl sites for hydroxylation is 2. The lowest BCUT2D eigenvalue weighted by atomic mass is 10.2. The van der Waals surface area contributed by atoms with Crippen LogP contribution in [-0.2, 0) is 13.5 Å². The summed E-state index contributed by atoms with van der Waals surface area (Å²) < 4.78 is 1.97. The van der Waals surface area contributed by atoms with Crippen LogP contribution < -0.4 is 0 Å².